The van der Waals surface area contributed by atoms with Crippen LogP contribution in [0.15, 0.2) is 43.1 Å². The number of tetrazole rings is 1. The topological polar surface area (TPSA) is 139 Å². The van der Waals surface area contributed by atoms with E-state index in [2.05, 4.69) is 47.3 Å². The molecule has 15 heteroatoms. The normalized spacial score (nSPS) is 20.1. The van der Waals surface area contributed by atoms with Crippen molar-refractivity contribution in [3.05, 3.63) is 48.1 Å². The largest absolute Gasteiger partial charge is 0.487 e. The number of nitrogens with zero attached hydrogens (tertiary/aromatic N) is 9. The van der Waals surface area contributed by atoms with E-state index in [0.29, 0.717) is 54.4 Å². The molecule has 252 valence electrons. The molecule has 1 aliphatic carbocycles. The molecule has 4 heterocycles. The number of morpholine rings is 1. The molecule has 2 fully saturated rings. The van der Waals surface area contributed by atoms with Crippen LogP contribution < -0.4 is 14.8 Å². The zero-order valence-corrected chi connectivity index (χ0v) is 27.9. The van der Waals surface area contributed by atoms with E-state index < -0.39 is 0 Å². The van der Waals surface area contributed by atoms with Crippen molar-refractivity contribution in [1.29, 1.82) is 0 Å². The molecular formula is C32H43ClN10O4. The molecule has 47 heavy (non-hydrogen) atoms. The molecule has 0 spiro atoms. The van der Waals surface area contributed by atoms with Crippen molar-refractivity contribution in [2.75, 3.05) is 51.9 Å². The molecule has 1 saturated carbocycles. The second kappa shape index (κ2) is 15.8. The van der Waals surface area contributed by atoms with Crippen LogP contribution in [-0.4, -0.2) is 104 Å². The van der Waals surface area contributed by atoms with E-state index in [4.69, 9.17) is 35.6 Å². The lowest BCUT2D eigenvalue weighted by molar-refractivity contribution is 0.00502. The van der Waals surface area contributed by atoms with Gasteiger partial charge in [-0.2, -0.15) is 0 Å². The number of hydrogen-bond acceptors (Lipinski definition) is 12. The summed E-state index contributed by atoms with van der Waals surface area (Å²) < 4.78 is 26.8. The Morgan fingerprint density at radius 2 is 1.79 bits per heavy atom. The first kappa shape index (κ1) is 33.1. The Bertz CT molecular complexity index is 1540. The van der Waals surface area contributed by atoms with Crippen molar-refractivity contribution >= 4 is 23.2 Å². The fourth-order valence-electron chi connectivity index (χ4n) is 6.16. The minimum Gasteiger partial charge on any atom is -0.487 e. The maximum atomic E-state index is 6.46. The standard InChI is InChI=1S/C32H43ClN10O4/c1-22(19-44-3)20-46-31-29(18-43(38-31)27-7-5-26(6-8-27)41-10-12-45-13-11-41)37-32-34-15-25(16-35-32)24-4-9-28(33)30(14-24)47-23(2)17-42-21-36-39-40-42/h4,9,14-16,18,21-23,26-27H,5-8,10-13,17,19-20H2,1-3H3,(H,34,35,37)/t22?,23-,26-,27-/m0/s1. The van der Waals surface area contributed by atoms with E-state index in [1.54, 1.807) is 36.6 Å². The first-order valence-electron chi connectivity index (χ1n) is 16.2. The van der Waals surface area contributed by atoms with Crippen LogP contribution in [0, 0.1) is 5.92 Å². The summed E-state index contributed by atoms with van der Waals surface area (Å²) in [5.74, 6) is 1.75. The van der Waals surface area contributed by atoms with Gasteiger partial charge in [0.1, 0.15) is 23.9 Å². The van der Waals surface area contributed by atoms with Crippen molar-refractivity contribution in [2.45, 2.75) is 64.3 Å². The first-order chi connectivity index (χ1) is 22.9. The monoisotopic (exact) mass is 666 g/mol. The number of benzene rings is 1. The van der Waals surface area contributed by atoms with Gasteiger partial charge in [-0.15, -0.1) is 10.2 Å². The van der Waals surface area contributed by atoms with Gasteiger partial charge in [-0.25, -0.2) is 14.6 Å². The van der Waals surface area contributed by atoms with E-state index in [9.17, 15) is 0 Å². The lowest BCUT2D eigenvalue weighted by atomic mass is 9.90. The molecule has 14 nitrogen and oxygen atoms in total. The van der Waals surface area contributed by atoms with Crippen molar-refractivity contribution < 1.29 is 18.9 Å². The lowest BCUT2D eigenvalue weighted by Crippen LogP contribution is -2.45. The molecule has 2 aliphatic rings. The van der Waals surface area contributed by atoms with Gasteiger partial charge in [0.25, 0.3) is 5.88 Å². The van der Waals surface area contributed by atoms with Crippen LogP contribution in [0.3, 0.4) is 0 Å². The molecule has 1 unspecified atom stereocenters. The third-order valence-corrected chi connectivity index (χ3v) is 8.90. The molecule has 1 aromatic carbocycles. The van der Waals surface area contributed by atoms with Gasteiger partial charge in [0, 0.05) is 50.1 Å². The molecule has 0 bridgehead atoms. The molecule has 0 amide bonds. The highest BCUT2D eigenvalue weighted by atomic mass is 35.5. The Morgan fingerprint density at radius 1 is 1.02 bits per heavy atom. The highest BCUT2D eigenvalue weighted by molar-refractivity contribution is 6.32. The fourth-order valence-corrected chi connectivity index (χ4v) is 6.32. The van der Waals surface area contributed by atoms with Crippen LogP contribution in [-0.2, 0) is 16.0 Å². The number of nitrogens with one attached hydrogen (secondary N) is 1. The van der Waals surface area contributed by atoms with E-state index in [1.807, 2.05) is 25.3 Å². The van der Waals surface area contributed by atoms with Crippen LogP contribution >= 0.6 is 11.6 Å². The quantitative estimate of drug-likeness (QED) is 0.200. The van der Waals surface area contributed by atoms with Crippen LogP contribution in [0.4, 0.5) is 11.6 Å². The summed E-state index contributed by atoms with van der Waals surface area (Å²) in [6.45, 7) is 9.31. The zero-order valence-electron chi connectivity index (χ0n) is 27.2. The van der Waals surface area contributed by atoms with Gasteiger partial charge in [-0.05, 0) is 60.7 Å². The summed E-state index contributed by atoms with van der Waals surface area (Å²) in [5, 5.41) is 20.0. The average Bonchev–Trinajstić information content (AvgIpc) is 3.76. The van der Waals surface area contributed by atoms with Crippen LogP contribution in [0.1, 0.15) is 45.6 Å². The second-order valence-electron chi connectivity index (χ2n) is 12.3. The number of hydrogen-bond donors (Lipinski definition) is 1. The number of aromatic nitrogens is 8. The van der Waals surface area contributed by atoms with Gasteiger partial charge < -0.3 is 24.3 Å². The Labute approximate surface area is 279 Å². The Kier molecular flexibility index (Phi) is 11.1. The molecule has 3 aromatic heterocycles. The van der Waals surface area contributed by atoms with Gasteiger partial charge in [0.15, 0.2) is 0 Å². The zero-order chi connectivity index (χ0) is 32.6. The molecular weight excluding hydrogens is 624 g/mol. The molecule has 1 saturated heterocycles. The Morgan fingerprint density at radius 3 is 2.51 bits per heavy atom. The van der Waals surface area contributed by atoms with E-state index >= 15 is 0 Å². The van der Waals surface area contributed by atoms with E-state index in [0.717, 1.165) is 68.8 Å². The van der Waals surface area contributed by atoms with Gasteiger partial charge >= 0.3 is 0 Å². The number of halogens is 1. The number of methoxy groups -OCH3 is 1. The minimum absolute atomic E-state index is 0.205. The summed E-state index contributed by atoms with van der Waals surface area (Å²) >= 11 is 6.46. The highest BCUT2D eigenvalue weighted by Crippen LogP contribution is 2.35. The third-order valence-electron chi connectivity index (χ3n) is 8.58. The summed E-state index contributed by atoms with van der Waals surface area (Å²) in [7, 11) is 1.70. The first-order valence-corrected chi connectivity index (χ1v) is 16.6. The van der Waals surface area contributed by atoms with Gasteiger partial charge in [-0.1, -0.05) is 24.6 Å². The predicted octanol–water partition coefficient (Wildman–Crippen LogP) is 4.67. The smallest absolute Gasteiger partial charge is 0.256 e. The van der Waals surface area contributed by atoms with Crippen molar-refractivity contribution in [2.24, 2.45) is 5.92 Å². The van der Waals surface area contributed by atoms with Crippen molar-refractivity contribution in [3.63, 3.8) is 0 Å². The average molecular weight is 667 g/mol. The lowest BCUT2D eigenvalue weighted by Gasteiger charge is -2.38. The molecule has 1 N–H and O–H groups in total. The molecule has 4 aromatic rings. The van der Waals surface area contributed by atoms with E-state index in [1.165, 1.54) is 0 Å². The summed E-state index contributed by atoms with van der Waals surface area (Å²) in [6.07, 6.45) is 11.3. The van der Waals surface area contributed by atoms with Gasteiger partial charge in [0.2, 0.25) is 5.95 Å². The Hall–Kier alpha value is -3.85. The minimum atomic E-state index is -0.205. The van der Waals surface area contributed by atoms with Crippen molar-refractivity contribution in [1.82, 2.24) is 44.9 Å². The second-order valence-corrected chi connectivity index (χ2v) is 12.7. The predicted molar refractivity (Wildman–Crippen MR) is 176 cm³/mol. The highest BCUT2D eigenvalue weighted by Gasteiger charge is 2.29. The summed E-state index contributed by atoms with van der Waals surface area (Å²) in [4.78, 5) is 11.8. The van der Waals surface area contributed by atoms with Crippen molar-refractivity contribution in [3.8, 4) is 22.8 Å². The maximum absolute atomic E-state index is 6.46. The Balaban J connectivity index is 1.13. The summed E-state index contributed by atoms with van der Waals surface area (Å²) in [6, 6.07) is 6.53. The maximum Gasteiger partial charge on any atom is 0.256 e. The van der Waals surface area contributed by atoms with Gasteiger partial charge in [-0.3, -0.25) is 9.58 Å². The van der Waals surface area contributed by atoms with Crippen LogP contribution in [0.5, 0.6) is 11.6 Å². The van der Waals surface area contributed by atoms with Gasteiger partial charge in [0.05, 0.1) is 50.2 Å². The number of ether oxygens (including phenoxy) is 4. The molecule has 2 atom stereocenters. The number of rotatable bonds is 14. The third kappa shape index (κ3) is 8.74. The summed E-state index contributed by atoms with van der Waals surface area (Å²) in [5.41, 5.74) is 2.43. The fraction of sp³-hybridized carbons (Fsp3) is 0.562. The molecule has 1 aliphatic heterocycles. The van der Waals surface area contributed by atoms with Crippen LogP contribution in [0.2, 0.25) is 5.02 Å². The molecule has 0 radical (unpaired) electrons. The van der Waals surface area contributed by atoms with E-state index in [-0.39, 0.29) is 12.0 Å². The molecule has 6 rings (SSSR count). The number of anilines is 2. The SMILES string of the molecule is COCC(C)COc1nn([C@H]2CC[C@H](N3CCOCC3)CC2)cc1Nc1ncc(-c2ccc(Cl)c(O[C@@H](C)Cn3cnnn3)c2)cn1. The van der Waals surface area contributed by atoms with Crippen LogP contribution in [0.25, 0.3) is 11.1 Å².